The van der Waals surface area contributed by atoms with Gasteiger partial charge in [-0.1, -0.05) is 28.1 Å². The third-order valence-electron chi connectivity index (χ3n) is 3.64. The van der Waals surface area contributed by atoms with Gasteiger partial charge in [-0.25, -0.2) is 0 Å². The van der Waals surface area contributed by atoms with Gasteiger partial charge in [0.05, 0.1) is 0 Å². The Bertz CT molecular complexity index is 348. The Morgan fingerprint density at radius 1 is 1.11 bits per heavy atom. The predicted octanol–water partition coefficient (Wildman–Crippen LogP) is 4.22. The Kier molecular flexibility index (Phi) is 7.66. The molecule has 2 nitrogen and oxygen atoms in total. The molecule has 0 aliphatic carbocycles. The molecule has 0 bridgehead atoms. The van der Waals surface area contributed by atoms with Crippen molar-refractivity contribution < 1.29 is 0 Å². The molecule has 0 saturated carbocycles. The highest BCUT2D eigenvalue weighted by Gasteiger charge is 2.05. The van der Waals surface area contributed by atoms with Gasteiger partial charge in [0.15, 0.2) is 0 Å². The molecule has 108 valence electrons. The fourth-order valence-corrected chi connectivity index (χ4v) is 2.20. The van der Waals surface area contributed by atoms with Crippen LogP contribution in [0, 0.1) is 0 Å². The monoisotopic (exact) mass is 326 g/mol. The molecular formula is C16H27BrN2. The van der Waals surface area contributed by atoms with Crippen LogP contribution in [0.4, 0.5) is 0 Å². The van der Waals surface area contributed by atoms with Crippen LogP contribution in [0.2, 0.25) is 0 Å². The lowest BCUT2D eigenvalue weighted by molar-refractivity contribution is 0.267. The summed E-state index contributed by atoms with van der Waals surface area (Å²) in [6, 6.07) is 9.63. The summed E-state index contributed by atoms with van der Waals surface area (Å²) < 4.78 is 1.14. The molecule has 0 spiro atoms. The van der Waals surface area contributed by atoms with Gasteiger partial charge in [-0.2, -0.15) is 0 Å². The number of unbranched alkanes of at least 4 members (excludes halogenated alkanes) is 1. The minimum Gasteiger partial charge on any atom is -0.310 e. The Labute approximate surface area is 126 Å². The largest absolute Gasteiger partial charge is 0.310 e. The Morgan fingerprint density at radius 3 is 2.32 bits per heavy atom. The first kappa shape index (κ1) is 16.7. The quantitative estimate of drug-likeness (QED) is 0.719. The molecule has 1 N–H and O–H groups in total. The summed E-state index contributed by atoms with van der Waals surface area (Å²) in [5, 5.41) is 3.59. The van der Waals surface area contributed by atoms with Crippen molar-refractivity contribution >= 4 is 15.9 Å². The number of halogens is 1. The minimum absolute atomic E-state index is 0.427. The van der Waals surface area contributed by atoms with Crippen LogP contribution in [-0.4, -0.2) is 31.1 Å². The van der Waals surface area contributed by atoms with Crippen molar-refractivity contribution in [3.63, 3.8) is 0 Å². The number of benzene rings is 1. The van der Waals surface area contributed by atoms with E-state index in [9.17, 15) is 0 Å². The summed E-state index contributed by atoms with van der Waals surface area (Å²) in [6.45, 7) is 8.99. The third-order valence-corrected chi connectivity index (χ3v) is 4.17. The lowest BCUT2D eigenvalue weighted by atomic mass is 10.1. The van der Waals surface area contributed by atoms with Gasteiger partial charge in [-0.05, 0) is 71.4 Å². The Morgan fingerprint density at radius 2 is 1.74 bits per heavy atom. The third kappa shape index (κ3) is 6.55. The lowest BCUT2D eigenvalue weighted by Crippen LogP contribution is -2.28. The molecule has 0 aliphatic heterocycles. The van der Waals surface area contributed by atoms with Crippen molar-refractivity contribution in [3.05, 3.63) is 34.3 Å². The van der Waals surface area contributed by atoms with Crippen LogP contribution in [0.3, 0.4) is 0 Å². The molecule has 0 saturated heterocycles. The molecule has 0 aromatic heterocycles. The number of hydrogen-bond acceptors (Lipinski definition) is 2. The maximum atomic E-state index is 3.59. The van der Waals surface area contributed by atoms with E-state index >= 15 is 0 Å². The molecule has 0 fully saturated rings. The van der Waals surface area contributed by atoms with E-state index in [4.69, 9.17) is 0 Å². The first-order valence-electron chi connectivity index (χ1n) is 7.19. The number of rotatable bonds is 8. The fraction of sp³-hybridized carbons (Fsp3) is 0.625. The first-order valence-corrected chi connectivity index (χ1v) is 7.99. The van der Waals surface area contributed by atoms with Gasteiger partial charge >= 0.3 is 0 Å². The summed E-state index contributed by atoms with van der Waals surface area (Å²) >= 11 is 3.47. The summed E-state index contributed by atoms with van der Waals surface area (Å²) in [4.78, 5) is 2.40. The van der Waals surface area contributed by atoms with Crippen LogP contribution in [0.15, 0.2) is 28.7 Å². The second-order valence-electron chi connectivity index (χ2n) is 5.51. The van der Waals surface area contributed by atoms with Crippen molar-refractivity contribution in [1.82, 2.24) is 10.2 Å². The van der Waals surface area contributed by atoms with Crippen LogP contribution in [0.25, 0.3) is 0 Å². The van der Waals surface area contributed by atoms with E-state index in [1.807, 2.05) is 0 Å². The van der Waals surface area contributed by atoms with Crippen molar-refractivity contribution in [2.75, 3.05) is 20.1 Å². The van der Waals surface area contributed by atoms with E-state index in [1.54, 1.807) is 0 Å². The maximum Gasteiger partial charge on any atom is 0.0291 e. The molecule has 1 rings (SSSR count). The Balaban J connectivity index is 2.17. The zero-order valence-corrected chi connectivity index (χ0v) is 14.2. The summed E-state index contributed by atoms with van der Waals surface area (Å²) in [7, 11) is 2.20. The number of hydrogen-bond donors (Lipinski definition) is 1. The van der Waals surface area contributed by atoms with Gasteiger partial charge in [-0.15, -0.1) is 0 Å². The van der Waals surface area contributed by atoms with Crippen LogP contribution < -0.4 is 5.32 Å². The SMILES string of the molecule is CC(NCCCCN(C)C(C)C)c1ccc(Br)cc1. The molecule has 0 radical (unpaired) electrons. The van der Waals surface area contributed by atoms with E-state index < -0.39 is 0 Å². The van der Waals surface area contributed by atoms with E-state index in [0.29, 0.717) is 12.1 Å². The van der Waals surface area contributed by atoms with Gasteiger partial charge in [0.25, 0.3) is 0 Å². The molecule has 1 aromatic carbocycles. The highest BCUT2D eigenvalue weighted by Crippen LogP contribution is 2.16. The molecule has 1 atom stereocenters. The smallest absolute Gasteiger partial charge is 0.0291 e. The molecule has 19 heavy (non-hydrogen) atoms. The Hall–Kier alpha value is -0.380. The van der Waals surface area contributed by atoms with E-state index in [2.05, 4.69) is 78.2 Å². The molecule has 0 heterocycles. The second kappa shape index (κ2) is 8.72. The average molecular weight is 327 g/mol. The highest BCUT2D eigenvalue weighted by atomic mass is 79.9. The van der Waals surface area contributed by atoms with E-state index in [-0.39, 0.29) is 0 Å². The first-order chi connectivity index (χ1) is 9.00. The summed E-state index contributed by atoms with van der Waals surface area (Å²) in [6.07, 6.45) is 2.49. The fourth-order valence-electron chi connectivity index (χ4n) is 1.93. The summed E-state index contributed by atoms with van der Waals surface area (Å²) in [5.41, 5.74) is 1.35. The van der Waals surface area contributed by atoms with Crippen molar-refractivity contribution in [2.45, 2.75) is 45.7 Å². The van der Waals surface area contributed by atoms with E-state index in [1.165, 1.54) is 24.9 Å². The van der Waals surface area contributed by atoms with Crippen LogP contribution in [-0.2, 0) is 0 Å². The number of nitrogens with one attached hydrogen (secondary N) is 1. The molecule has 0 aliphatic rings. The van der Waals surface area contributed by atoms with Crippen LogP contribution >= 0.6 is 15.9 Å². The molecule has 1 unspecified atom stereocenters. The van der Waals surface area contributed by atoms with Crippen LogP contribution in [0.1, 0.15) is 45.2 Å². The minimum atomic E-state index is 0.427. The van der Waals surface area contributed by atoms with Gasteiger partial charge < -0.3 is 10.2 Å². The maximum absolute atomic E-state index is 3.59. The topological polar surface area (TPSA) is 15.3 Å². The molecule has 1 aromatic rings. The second-order valence-corrected chi connectivity index (χ2v) is 6.42. The number of nitrogens with zero attached hydrogens (tertiary/aromatic N) is 1. The zero-order chi connectivity index (χ0) is 14.3. The summed E-state index contributed by atoms with van der Waals surface area (Å²) in [5.74, 6) is 0. The van der Waals surface area contributed by atoms with Gasteiger partial charge in [0.2, 0.25) is 0 Å². The standard InChI is InChI=1S/C16H27BrN2/c1-13(2)19(4)12-6-5-11-18-14(3)15-7-9-16(17)10-8-15/h7-10,13-14,18H,5-6,11-12H2,1-4H3. The predicted molar refractivity (Wildman–Crippen MR) is 87.6 cm³/mol. The highest BCUT2D eigenvalue weighted by molar-refractivity contribution is 9.10. The normalized spacial score (nSPS) is 13.2. The van der Waals surface area contributed by atoms with Gasteiger partial charge in [0.1, 0.15) is 0 Å². The lowest BCUT2D eigenvalue weighted by Gasteiger charge is -2.21. The van der Waals surface area contributed by atoms with Gasteiger partial charge in [-0.3, -0.25) is 0 Å². The molecule has 3 heteroatoms. The van der Waals surface area contributed by atoms with Crippen molar-refractivity contribution in [3.8, 4) is 0 Å². The molecule has 0 amide bonds. The zero-order valence-electron chi connectivity index (χ0n) is 12.6. The van der Waals surface area contributed by atoms with E-state index in [0.717, 1.165) is 11.0 Å². The van der Waals surface area contributed by atoms with Gasteiger partial charge in [0, 0.05) is 16.6 Å². The average Bonchev–Trinajstić information content (AvgIpc) is 2.38. The van der Waals surface area contributed by atoms with Crippen molar-refractivity contribution in [2.24, 2.45) is 0 Å². The van der Waals surface area contributed by atoms with Crippen molar-refractivity contribution in [1.29, 1.82) is 0 Å². The molecular weight excluding hydrogens is 300 g/mol. The van der Waals surface area contributed by atoms with Crippen LogP contribution in [0.5, 0.6) is 0 Å².